The lowest BCUT2D eigenvalue weighted by Gasteiger charge is -2.24. The molecule has 0 aliphatic carbocycles. The van der Waals surface area contributed by atoms with Crippen molar-refractivity contribution in [1.29, 1.82) is 5.26 Å². The van der Waals surface area contributed by atoms with Crippen molar-refractivity contribution < 1.29 is 23.4 Å². The first-order valence-corrected chi connectivity index (χ1v) is 15.9. The van der Waals surface area contributed by atoms with Gasteiger partial charge in [-0.25, -0.2) is 4.79 Å². The van der Waals surface area contributed by atoms with E-state index >= 15 is 0 Å². The molecule has 0 saturated carbocycles. The Morgan fingerprint density at radius 3 is 2.47 bits per heavy atom. The monoisotopic (exact) mass is 655 g/mol. The van der Waals surface area contributed by atoms with Crippen molar-refractivity contribution in [2.24, 2.45) is 0 Å². The molecule has 0 aliphatic rings. The standard InChI is InChI=1S/C39H37N5O5/c1-39(2,3)42-38(45)49-32(18-26-8-6-5-7-9-26)25-48-31-20-33(37(41-22-31)29-16-17-47-24-29)28-12-15-36-34(19-28)35(21-40)43-44(36)23-27-10-13-30(46-4)14-11-27/h5-17,19-20,22,24,32H,18,23,25H2,1-4H3,(H,42,45)/t32-/m0/s1. The van der Waals surface area contributed by atoms with E-state index in [2.05, 4.69) is 16.5 Å². The lowest BCUT2D eigenvalue weighted by atomic mass is 9.99. The molecular weight excluding hydrogens is 618 g/mol. The lowest BCUT2D eigenvalue weighted by molar-refractivity contribution is 0.0608. The summed E-state index contributed by atoms with van der Waals surface area (Å²) in [4.78, 5) is 17.5. The zero-order chi connectivity index (χ0) is 34.4. The maximum atomic E-state index is 12.7. The number of ether oxygens (including phenoxy) is 3. The molecule has 0 radical (unpaired) electrons. The number of nitriles is 1. The summed E-state index contributed by atoms with van der Waals surface area (Å²) in [6.45, 7) is 6.29. The average Bonchev–Trinajstić information content (AvgIpc) is 3.75. The minimum absolute atomic E-state index is 0.106. The van der Waals surface area contributed by atoms with E-state index < -0.39 is 17.7 Å². The fourth-order valence-electron chi connectivity index (χ4n) is 5.52. The highest BCUT2D eigenvalue weighted by atomic mass is 16.6. The fraction of sp³-hybridized carbons (Fsp3) is 0.231. The number of aromatic nitrogens is 3. The number of nitrogens with one attached hydrogen (secondary N) is 1. The van der Waals surface area contributed by atoms with Crippen LogP contribution in [0.3, 0.4) is 0 Å². The number of carbonyl (C=O) groups excluding carboxylic acids is 1. The molecule has 49 heavy (non-hydrogen) atoms. The van der Waals surface area contributed by atoms with E-state index in [4.69, 9.17) is 23.6 Å². The van der Waals surface area contributed by atoms with Crippen LogP contribution >= 0.6 is 0 Å². The number of fused-ring (bicyclic) bond motifs is 1. The van der Waals surface area contributed by atoms with Crippen LogP contribution in [0.1, 0.15) is 37.6 Å². The molecule has 10 nitrogen and oxygen atoms in total. The van der Waals surface area contributed by atoms with Gasteiger partial charge < -0.3 is 23.9 Å². The Bertz CT molecular complexity index is 2080. The molecule has 1 atom stereocenters. The highest BCUT2D eigenvalue weighted by Crippen LogP contribution is 2.36. The number of carbonyl (C=O) groups is 1. The van der Waals surface area contributed by atoms with Gasteiger partial charge in [0.1, 0.15) is 30.3 Å². The average molecular weight is 656 g/mol. The van der Waals surface area contributed by atoms with E-state index in [1.165, 1.54) is 0 Å². The van der Waals surface area contributed by atoms with Crippen LogP contribution in [-0.4, -0.2) is 46.2 Å². The van der Waals surface area contributed by atoms with Gasteiger partial charge in [0.25, 0.3) is 0 Å². The van der Waals surface area contributed by atoms with Gasteiger partial charge in [-0.2, -0.15) is 10.4 Å². The number of hydrogen-bond acceptors (Lipinski definition) is 8. The zero-order valence-electron chi connectivity index (χ0n) is 27.8. The second-order valence-corrected chi connectivity index (χ2v) is 12.7. The number of pyridine rings is 1. The fourth-order valence-corrected chi connectivity index (χ4v) is 5.52. The van der Waals surface area contributed by atoms with Crippen molar-refractivity contribution in [3.8, 4) is 40.0 Å². The Morgan fingerprint density at radius 2 is 1.78 bits per heavy atom. The third-order valence-electron chi connectivity index (χ3n) is 7.81. The van der Waals surface area contributed by atoms with E-state index in [1.807, 2.05) is 110 Å². The number of furan rings is 1. The predicted molar refractivity (Wildman–Crippen MR) is 186 cm³/mol. The van der Waals surface area contributed by atoms with Crippen molar-refractivity contribution in [1.82, 2.24) is 20.1 Å². The molecule has 0 unspecified atom stereocenters. The Labute approximate surface area is 284 Å². The van der Waals surface area contributed by atoms with Crippen LogP contribution in [0.4, 0.5) is 4.79 Å². The quantitative estimate of drug-likeness (QED) is 0.150. The topological polar surface area (TPSA) is 124 Å². The van der Waals surface area contributed by atoms with Gasteiger partial charge in [0.15, 0.2) is 5.69 Å². The van der Waals surface area contributed by atoms with Crippen molar-refractivity contribution in [2.75, 3.05) is 13.7 Å². The van der Waals surface area contributed by atoms with Crippen LogP contribution < -0.4 is 14.8 Å². The third kappa shape index (κ3) is 8.08. The molecule has 0 aliphatic heterocycles. The van der Waals surface area contributed by atoms with Crippen LogP contribution in [0.25, 0.3) is 33.3 Å². The predicted octanol–water partition coefficient (Wildman–Crippen LogP) is 7.80. The normalized spacial score (nSPS) is 11.9. The third-order valence-corrected chi connectivity index (χ3v) is 7.81. The summed E-state index contributed by atoms with van der Waals surface area (Å²) in [5.41, 5.74) is 5.83. The number of hydrogen-bond donors (Lipinski definition) is 1. The van der Waals surface area contributed by atoms with Gasteiger partial charge in [0.05, 0.1) is 43.6 Å². The summed E-state index contributed by atoms with van der Waals surface area (Å²) >= 11 is 0. The minimum atomic E-state index is -0.562. The molecule has 3 heterocycles. The van der Waals surface area contributed by atoms with Crippen molar-refractivity contribution in [3.63, 3.8) is 0 Å². The van der Waals surface area contributed by atoms with Crippen LogP contribution in [0.5, 0.6) is 11.5 Å². The summed E-state index contributed by atoms with van der Waals surface area (Å²) in [6, 6.07) is 29.5. The van der Waals surface area contributed by atoms with Crippen LogP contribution in [0, 0.1) is 11.3 Å². The van der Waals surface area contributed by atoms with Crippen LogP contribution in [0.15, 0.2) is 108 Å². The van der Waals surface area contributed by atoms with Gasteiger partial charge in [0, 0.05) is 28.5 Å². The number of methoxy groups -OCH3 is 1. The first-order chi connectivity index (χ1) is 23.7. The van der Waals surface area contributed by atoms with Gasteiger partial charge in [-0.3, -0.25) is 9.67 Å². The Balaban J connectivity index is 1.31. The molecular formula is C39H37N5O5. The molecule has 0 saturated heterocycles. The summed E-state index contributed by atoms with van der Waals surface area (Å²) in [5.74, 6) is 1.27. The lowest BCUT2D eigenvalue weighted by Crippen LogP contribution is -2.43. The van der Waals surface area contributed by atoms with Gasteiger partial charge in [-0.1, -0.05) is 48.5 Å². The summed E-state index contributed by atoms with van der Waals surface area (Å²) in [6.07, 6.45) is 4.27. The second-order valence-electron chi connectivity index (χ2n) is 12.7. The van der Waals surface area contributed by atoms with E-state index in [-0.39, 0.29) is 6.61 Å². The first-order valence-electron chi connectivity index (χ1n) is 15.9. The zero-order valence-corrected chi connectivity index (χ0v) is 27.8. The van der Waals surface area contributed by atoms with E-state index in [9.17, 15) is 10.1 Å². The molecule has 3 aromatic carbocycles. The molecule has 1 amide bonds. The maximum absolute atomic E-state index is 12.7. The summed E-state index contributed by atoms with van der Waals surface area (Å²) < 4.78 is 24.6. The highest BCUT2D eigenvalue weighted by molar-refractivity contribution is 5.91. The number of benzene rings is 3. The Morgan fingerprint density at radius 1 is 0.980 bits per heavy atom. The molecule has 0 spiro atoms. The minimum Gasteiger partial charge on any atom is -0.497 e. The molecule has 3 aromatic heterocycles. The SMILES string of the molecule is COc1ccc(Cn2nc(C#N)c3cc(-c4cc(OC[C@H](Cc5ccccc5)OC(=O)NC(C)(C)C)cnc4-c4ccoc4)ccc32)cc1. The molecule has 1 N–H and O–H groups in total. The van der Waals surface area contributed by atoms with E-state index in [0.29, 0.717) is 30.1 Å². The molecule has 248 valence electrons. The van der Waals surface area contributed by atoms with E-state index in [0.717, 1.165) is 44.5 Å². The Hall–Kier alpha value is -6.08. The molecule has 6 rings (SSSR count). The highest BCUT2D eigenvalue weighted by Gasteiger charge is 2.22. The van der Waals surface area contributed by atoms with Gasteiger partial charge in [0.2, 0.25) is 0 Å². The molecule has 6 aromatic rings. The molecule has 0 bridgehead atoms. The molecule has 0 fully saturated rings. The summed E-state index contributed by atoms with van der Waals surface area (Å²) in [5, 5.41) is 18.2. The van der Waals surface area contributed by atoms with Crippen molar-refractivity contribution in [2.45, 2.75) is 45.4 Å². The Kier molecular flexibility index (Phi) is 9.62. The van der Waals surface area contributed by atoms with Gasteiger partial charge in [-0.05, 0) is 73.9 Å². The van der Waals surface area contributed by atoms with Gasteiger partial charge in [-0.15, -0.1) is 0 Å². The van der Waals surface area contributed by atoms with Crippen LogP contribution in [0.2, 0.25) is 0 Å². The smallest absolute Gasteiger partial charge is 0.407 e. The molecule has 10 heteroatoms. The number of amides is 1. The van der Waals surface area contributed by atoms with E-state index in [1.54, 1.807) is 25.8 Å². The van der Waals surface area contributed by atoms with Gasteiger partial charge >= 0.3 is 6.09 Å². The number of rotatable bonds is 11. The number of alkyl carbamates (subject to hydrolysis) is 1. The number of nitrogens with zero attached hydrogens (tertiary/aromatic N) is 4. The largest absolute Gasteiger partial charge is 0.497 e. The van der Waals surface area contributed by atoms with Crippen molar-refractivity contribution in [3.05, 3.63) is 120 Å². The second kappa shape index (κ2) is 14.4. The maximum Gasteiger partial charge on any atom is 0.407 e. The summed E-state index contributed by atoms with van der Waals surface area (Å²) in [7, 11) is 1.63. The van der Waals surface area contributed by atoms with Crippen molar-refractivity contribution >= 4 is 17.0 Å². The first kappa shape index (κ1) is 32.8. The van der Waals surface area contributed by atoms with Crippen LogP contribution in [-0.2, 0) is 17.7 Å².